The van der Waals surface area contributed by atoms with Crippen LogP contribution < -0.4 is 10.1 Å². The molecule has 2 aromatic rings. The van der Waals surface area contributed by atoms with Crippen molar-refractivity contribution in [3.63, 3.8) is 0 Å². The van der Waals surface area contributed by atoms with Gasteiger partial charge in [-0.3, -0.25) is 9.78 Å². The van der Waals surface area contributed by atoms with Gasteiger partial charge in [-0.25, -0.2) is 0 Å². The fraction of sp³-hybridized carbons (Fsp3) is 0.368. The van der Waals surface area contributed by atoms with Gasteiger partial charge >= 0.3 is 0 Å². The van der Waals surface area contributed by atoms with Crippen LogP contribution in [0.1, 0.15) is 11.1 Å². The smallest absolute Gasteiger partial charge is 0.258 e. The molecule has 0 saturated carbocycles. The summed E-state index contributed by atoms with van der Waals surface area (Å²) in [7, 11) is 0. The number of rotatable bonds is 6. The zero-order chi connectivity index (χ0) is 16.8. The van der Waals surface area contributed by atoms with Crippen molar-refractivity contribution in [2.24, 2.45) is 5.92 Å². The average Bonchev–Trinajstić information content (AvgIpc) is 3.01. The van der Waals surface area contributed by atoms with Crippen molar-refractivity contribution in [2.45, 2.75) is 19.4 Å². The quantitative estimate of drug-likeness (QED) is 0.883. The van der Waals surface area contributed by atoms with Gasteiger partial charge in [-0.15, -0.1) is 0 Å². The highest BCUT2D eigenvalue weighted by Crippen LogP contribution is 2.19. The second-order valence-electron chi connectivity index (χ2n) is 6.14. The fourth-order valence-corrected chi connectivity index (χ4v) is 2.88. The predicted octanol–water partition coefficient (Wildman–Crippen LogP) is 2.14. The summed E-state index contributed by atoms with van der Waals surface area (Å²) >= 11 is 0. The minimum Gasteiger partial charge on any atom is -0.484 e. The lowest BCUT2D eigenvalue weighted by atomic mass is 9.95. The van der Waals surface area contributed by atoms with E-state index in [4.69, 9.17) is 9.47 Å². The third kappa shape index (κ3) is 4.55. The van der Waals surface area contributed by atoms with Crippen molar-refractivity contribution < 1.29 is 14.3 Å². The van der Waals surface area contributed by atoms with Crippen molar-refractivity contribution in [3.8, 4) is 5.75 Å². The van der Waals surface area contributed by atoms with Crippen LogP contribution in [-0.4, -0.2) is 36.8 Å². The normalized spacial score (nSPS) is 19.9. The molecule has 1 aliphatic rings. The fourth-order valence-electron chi connectivity index (χ4n) is 2.88. The number of ether oxygens (including phenoxy) is 2. The Morgan fingerprint density at radius 2 is 2.12 bits per heavy atom. The molecule has 1 aromatic heterocycles. The standard InChI is InChI=1S/C19H22N2O3/c1-14-3-2-4-17(9-14)24-13-19(22)21-18-12-23-11-16(18)10-15-5-7-20-8-6-15/h2-9,16,18H,10-13H2,1H3,(H,21,22)/t16-,18-/m1/s1. The minimum atomic E-state index is -0.119. The molecule has 0 unspecified atom stereocenters. The number of hydrogen-bond donors (Lipinski definition) is 1. The maximum Gasteiger partial charge on any atom is 0.258 e. The number of carbonyl (C=O) groups is 1. The van der Waals surface area contributed by atoms with Crippen molar-refractivity contribution in [2.75, 3.05) is 19.8 Å². The molecule has 0 aliphatic carbocycles. The van der Waals surface area contributed by atoms with Gasteiger partial charge in [0.05, 0.1) is 19.3 Å². The van der Waals surface area contributed by atoms with E-state index in [9.17, 15) is 4.79 Å². The van der Waals surface area contributed by atoms with Gasteiger partial charge in [-0.2, -0.15) is 0 Å². The number of aromatic nitrogens is 1. The van der Waals surface area contributed by atoms with Crippen LogP contribution in [0.2, 0.25) is 0 Å². The summed E-state index contributed by atoms with van der Waals surface area (Å²) < 4.78 is 11.1. The lowest BCUT2D eigenvalue weighted by Gasteiger charge is -2.19. The Labute approximate surface area is 142 Å². The number of benzene rings is 1. The third-order valence-electron chi connectivity index (χ3n) is 4.15. The van der Waals surface area contributed by atoms with E-state index >= 15 is 0 Å². The number of nitrogens with one attached hydrogen (secondary N) is 1. The lowest BCUT2D eigenvalue weighted by molar-refractivity contribution is -0.124. The molecule has 1 fully saturated rings. The molecule has 1 aliphatic heterocycles. The first-order chi connectivity index (χ1) is 11.7. The molecule has 1 aromatic carbocycles. The van der Waals surface area contributed by atoms with E-state index in [0.29, 0.717) is 19.0 Å². The number of carbonyl (C=O) groups excluding carboxylic acids is 1. The van der Waals surface area contributed by atoms with Gasteiger partial charge in [-0.05, 0) is 48.7 Å². The van der Waals surface area contributed by atoms with Gasteiger partial charge in [-0.1, -0.05) is 12.1 Å². The Balaban J connectivity index is 1.49. The molecule has 0 bridgehead atoms. The Bertz CT molecular complexity index is 675. The second-order valence-corrected chi connectivity index (χ2v) is 6.14. The number of nitrogens with zero attached hydrogens (tertiary/aromatic N) is 1. The van der Waals surface area contributed by atoms with Crippen molar-refractivity contribution in [3.05, 3.63) is 59.9 Å². The van der Waals surface area contributed by atoms with Crippen molar-refractivity contribution >= 4 is 5.91 Å². The first-order valence-corrected chi connectivity index (χ1v) is 8.16. The predicted molar refractivity (Wildman–Crippen MR) is 90.9 cm³/mol. The zero-order valence-corrected chi connectivity index (χ0v) is 13.8. The number of pyridine rings is 1. The van der Waals surface area contributed by atoms with Gasteiger partial charge in [0, 0.05) is 18.3 Å². The molecular weight excluding hydrogens is 304 g/mol. The van der Waals surface area contributed by atoms with Crippen LogP contribution in [0.3, 0.4) is 0 Å². The molecule has 5 nitrogen and oxygen atoms in total. The van der Waals surface area contributed by atoms with Crippen LogP contribution in [0.15, 0.2) is 48.8 Å². The van der Waals surface area contributed by atoms with E-state index in [2.05, 4.69) is 10.3 Å². The molecule has 0 spiro atoms. The summed E-state index contributed by atoms with van der Waals surface area (Å²) in [5.74, 6) is 0.864. The first kappa shape index (κ1) is 16.5. The Hall–Kier alpha value is -2.40. The second kappa shape index (κ2) is 7.93. The van der Waals surface area contributed by atoms with Crippen LogP contribution in [0.25, 0.3) is 0 Å². The molecular formula is C19H22N2O3. The van der Waals surface area contributed by atoms with E-state index in [-0.39, 0.29) is 24.5 Å². The van der Waals surface area contributed by atoms with Gasteiger partial charge in [0.15, 0.2) is 6.61 Å². The Kier molecular flexibility index (Phi) is 5.43. The number of hydrogen-bond acceptors (Lipinski definition) is 4. The molecule has 1 saturated heterocycles. The Morgan fingerprint density at radius 1 is 1.29 bits per heavy atom. The summed E-state index contributed by atoms with van der Waals surface area (Å²) in [6.07, 6.45) is 4.44. The minimum absolute atomic E-state index is 0.0158. The van der Waals surface area contributed by atoms with E-state index in [1.165, 1.54) is 5.56 Å². The molecule has 3 rings (SSSR count). The van der Waals surface area contributed by atoms with Gasteiger partial charge in [0.2, 0.25) is 0 Å². The van der Waals surface area contributed by atoms with Crippen LogP contribution in [0.5, 0.6) is 5.75 Å². The molecule has 126 valence electrons. The highest BCUT2D eigenvalue weighted by Gasteiger charge is 2.29. The molecule has 24 heavy (non-hydrogen) atoms. The largest absolute Gasteiger partial charge is 0.484 e. The van der Waals surface area contributed by atoms with E-state index < -0.39 is 0 Å². The molecule has 2 heterocycles. The monoisotopic (exact) mass is 326 g/mol. The number of amides is 1. The van der Waals surface area contributed by atoms with E-state index in [0.717, 1.165) is 12.0 Å². The highest BCUT2D eigenvalue weighted by atomic mass is 16.5. The maximum atomic E-state index is 12.2. The van der Waals surface area contributed by atoms with Gasteiger partial charge in [0.1, 0.15) is 5.75 Å². The van der Waals surface area contributed by atoms with Crippen molar-refractivity contribution in [1.29, 1.82) is 0 Å². The maximum absolute atomic E-state index is 12.2. The topological polar surface area (TPSA) is 60.5 Å². The van der Waals surface area contributed by atoms with Crippen molar-refractivity contribution in [1.82, 2.24) is 10.3 Å². The van der Waals surface area contributed by atoms with Crippen LogP contribution in [0, 0.1) is 12.8 Å². The first-order valence-electron chi connectivity index (χ1n) is 8.16. The lowest BCUT2D eigenvalue weighted by Crippen LogP contribution is -2.42. The van der Waals surface area contributed by atoms with Gasteiger partial charge < -0.3 is 14.8 Å². The zero-order valence-electron chi connectivity index (χ0n) is 13.8. The van der Waals surface area contributed by atoms with Gasteiger partial charge in [0.25, 0.3) is 5.91 Å². The summed E-state index contributed by atoms with van der Waals surface area (Å²) in [6, 6.07) is 11.7. The average molecular weight is 326 g/mol. The molecule has 1 N–H and O–H groups in total. The van der Waals surface area contributed by atoms with Crippen LogP contribution >= 0.6 is 0 Å². The summed E-state index contributed by atoms with van der Waals surface area (Å²) in [5.41, 5.74) is 2.31. The SMILES string of the molecule is Cc1cccc(OCC(=O)N[C@@H]2COC[C@H]2Cc2ccncc2)c1. The summed E-state index contributed by atoms with van der Waals surface area (Å²) in [5, 5.41) is 3.03. The number of aryl methyl sites for hydroxylation is 1. The van der Waals surface area contributed by atoms with Crippen LogP contribution in [-0.2, 0) is 16.0 Å². The Morgan fingerprint density at radius 3 is 2.92 bits per heavy atom. The summed E-state index contributed by atoms with van der Waals surface area (Å²) in [6.45, 7) is 3.21. The van der Waals surface area contributed by atoms with E-state index in [1.54, 1.807) is 12.4 Å². The molecule has 5 heteroatoms. The third-order valence-corrected chi connectivity index (χ3v) is 4.15. The summed E-state index contributed by atoms with van der Waals surface area (Å²) in [4.78, 5) is 16.2. The van der Waals surface area contributed by atoms with E-state index in [1.807, 2.05) is 43.3 Å². The highest BCUT2D eigenvalue weighted by molar-refractivity contribution is 5.78. The molecule has 1 amide bonds. The molecule has 0 radical (unpaired) electrons. The van der Waals surface area contributed by atoms with Crippen LogP contribution in [0.4, 0.5) is 0 Å². The molecule has 2 atom stereocenters.